The molecule has 8 aromatic carbocycles. The fourth-order valence-corrected chi connectivity index (χ4v) is 9.58. The molecule has 2 heterocycles. The number of benzene rings is 8. The molecule has 0 fully saturated rings. The molecule has 0 aliphatic carbocycles. The quantitative estimate of drug-likeness (QED) is 0.233. The van der Waals surface area contributed by atoms with Crippen molar-refractivity contribution >= 4 is 148 Å². The van der Waals surface area contributed by atoms with Crippen molar-refractivity contribution in [3.8, 4) is 33.6 Å². The van der Waals surface area contributed by atoms with E-state index in [9.17, 15) is 0 Å². The molecule has 0 aliphatic heterocycles. The number of aromatic nitrogens is 2. The van der Waals surface area contributed by atoms with Gasteiger partial charge in [-0.3, -0.25) is 0 Å². The zero-order chi connectivity index (χ0) is 37.7. The van der Waals surface area contributed by atoms with E-state index >= 15 is 0 Å². The molecule has 0 atom stereocenters. The first-order valence-electron chi connectivity index (χ1n) is 19.5. The molecule has 10 rings (SSSR count). The molecule has 0 N–H and O–H groups in total. The van der Waals surface area contributed by atoms with E-state index in [1.54, 1.807) is 0 Å². The Labute approximate surface area is 328 Å². The van der Waals surface area contributed by atoms with Crippen molar-refractivity contribution in [3.05, 3.63) is 140 Å². The van der Waals surface area contributed by atoms with E-state index in [4.69, 9.17) is 0 Å². The van der Waals surface area contributed by atoms with Gasteiger partial charge in [-0.05, 0) is 81.6 Å². The Morgan fingerprint density at radius 2 is 0.673 bits per heavy atom. The predicted octanol–water partition coefficient (Wildman–Crippen LogP) is 0.177. The number of rotatable bonds is 4. The van der Waals surface area contributed by atoms with Gasteiger partial charge in [-0.15, -0.1) is 16.4 Å². The Hall–Kier alpha value is -5.93. The fraction of sp³-hybridized carbons (Fsp3) is 0. The third-order valence-electron chi connectivity index (χ3n) is 12.9. The van der Waals surface area contributed by atoms with Gasteiger partial charge in [-0.1, -0.05) is 113 Å². The van der Waals surface area contributed by atoms with Crippen LogP contribution < -0.4 is 38.2 Å². The highest BCUT2D eigenvalue weighted by atomic mass is 15.0. The van der Waals surface area contributed by atoms with Crippen LogP contribution in [0.3, 0.4) is 0 Å². The third-order valence-corrected chi connectivity index (χ3v) is 12.9. The van der Waals surface area contributed by atoms with Crippen molar-refractivity contribution in [2.75, 3.05) is 0 Å². The van der Waals surface area contributed by atoms with Crippen LogP contribution in [0.5, 0.6) is 0 Å². The van der Waals surface area contributed by atoms with Crippen LogP contribution in [0.2, 0.25) is 0 Å². The molecule has 0 radical (unpaired) electrons. The van der Waals surface area contributed by atoms with Crippen LogP contribution in [-0.4, -0.2) is 64.1 Å². The molecular weight excluding hydrogens is 656 g/mol. The van der Waals surface area contributed by atoms with E-state index < -0.39 is 0 Å². The van der Waals surface area contributed by atoms with E-state index in [-0.39, 0.29) is 0 Å². The van der Waals surface area contributed by atoms with Crippen molar-refractivity contribution < 1.29 is 0 Å². The van der Waals surface area contributed by atoms with E-state index in [0.29, 0.717) is 0 Å². The largest absolute Gasteiger partial charge is 0.309 e. The molecular formula is C46H37B7N2. The zero-order valence-electron chi connectivity index (χ0n) is 32.7. The summed E-state index contributed by atoms with van der Waals surface area (Å²) in [5.74, 6) is 0. The van der Waals surface area contributed by atoms with Crippen LogP contribution in [-0.2, 0) is 0 Å². The van der Waals surface area contributed by atoms with Gasteiger partial charge in [0.1, 0.15) is 54.9 Å². The lowest BCUT2D eigenvalue weighted by Crippen LogP contribution is -2.52. The second kappa shape index (κ2) is 12.6. The summed E-state index contributed by atoms with van der Waals surface area (Å²) in [6.07, 6.45) is 0. The third kappa shape index (κ3) is 4.85. The highest BCUT2D eigenvalue weighted by molar-refractivity contribution is 6.71. The van der Waals surface area contributed by atoms with Crippen LogP contribution in [0.4, 0.5) is 0 Å². The molecule has 10 aromatic rings. The summed E-state index contributed by atoms with van der Waals surface area (Å²) in [6.45, 7) is 0. The molecule has 9 heteroatoms. The first-order valence-corrected chi connectivity index (χ1v) is 19.5. The minimum Gasteiger partial charge on any atom is -0.309 e. The average molecular weight is 693 g/mol. The van der Waals surface area contributed by atoms with Gasteiger partial charge >= 0.3 is 0 Å². The monoisotopic (exact) mass is 694 g/mol. The van der Waals surface area contributed by atoms with Gasteiger partial charge in [-0.25, -0.2) is 0 Å². The molecule has 0 unspecified atom stereocenters. The molecule has 0 aliphatic rings. The maximum absolute atomic E-state index is 2.46. The lowest BCUT2D eigenvalue weighted by atomic mass is 9.59. The Morgan fingerprint density at radius 1 is 0.273 bits per heavy atom. The van der Waals surface area contributed by atoms with Crippen molar-refractivity contribution in [1.29, 1.82) is 0 Å². The molecule has 0 saturated carbocycles. The van der Waals surface area contributed by atoms with Crippen LogP contribution in [0.1, 0.15) is 0 Å². The summed E-state index contributed by atoms with van der Waals surface area (Å²) in [4.78, 5) is 0. The second-order valence-electron chi connectivity index (χ2n) is 15.5. The number of hydrogen-bond acceptors (Lipinski definition) is 0. The van der Waals surface area contributed by atoms with Gasteiger partial charge in [0.2, 0.25) is 0 Å². The van der Waals surface area contributed by atoms with Gasteiger partial charge < -0.3 is 9.13 Å². The predicted molar refractivity (Wildman–Crippen MR) is 261 cm³/mol. The van der Waals surface area contributed by atoms with Gasteiger partial charge in [-0.2, -0.15) is 0 Å². The smallest absolute Gasteiger partial charge is 0.139 e. The zero-order valence-corrected chi connectivity index (χ0v) is 32.7. The maximum Gasteiger partial charge on any atom is 0.139 e. The topological polar surface area (TPSA) is 9.86 Å². The number of nitrogens with zero attached hydrogens (tertiary/aromatic N) is 2. The summed E-state index contributed by atoms with van der Waals surface area (Å²) in [6, 6.07) is 51.4. The lowest BCUT2D eigenvalue weighted by Gasteiger charge is -2.25. The highest BCUT2D eigenvalue weighted by Gasteiger charge is 2.22. The number of fused-ring (bicyclic) bond motifs is 8. The Morgan fingerprint density at radius 3 is 1.18 bits per heavy atom. The molecule has 252 valence electrons. The summed E-state index contributed by atoms with van der Waals surface area (Å²) >= 11 is 0. The normalized spacial score (nSPS) is 11.8. The van der Waals surface area contributed by atoms with Gasteiger partial charge in [0, 0.05) is 32.9 Å². The van der Waals surface area contributed by atoms with Crippen LogP contribution in [0.25, 0.3) is 88.0 Å². The fourth-order valence-electron chi connectivity index (χ4n) is 9.58. The maximum atomic E-state index is 2.46. The summed E-state index contributed by atoms with van der Waals surface area (Å²) in [5, 5.41) is 7.94. The molecule has 2 nitrogen and oxygen atoms in total. The van der Waals surface area contributed by atoms with Gasteiger partial charge in [0.15, 0.2) is 0 Å². The number of hydrogen-bond donors (Lipinski definition) is 0. The van der Waals surface area contributed by atoms with Crippen LogP contribution in [0, 0.1) is 0 Å². The molecule has 2 aromatic heterocycles. The van der Waals surface area contributed by atoms with Gasteiger partial charge in [0.05, 0.1) is 22.1 Å². The van der Waals surface area contributed by atoms with E-state index in [1.165, 1.54) is 121 Å². The minimum atomic E-state index is 1.16. The van der Waals surface area contributed by atoms with E-state index in [2.05, 4.69) is 204 Å². The Balaban J connectivity index is 1.18. The van der Waals surface area contributed by atoms with Gasteiger partial charge in [0.25, 0.3) is 0 Å². The minimum absolute atomic E-state index is 1.16. The van der Waals surface area contributed by atoms with E-state index in [1.807, 2.05) is 0 Å². The summed E-state index contributed by atoms with van der Waals surface area (Å²) < 4.78 is 4.89. The molecule has 0 saturated heterocycles. The number of para-hydroxylation sites is 2. The average Bonchev–Trinajstić information content (AvgIpc) is 3.74. The van der Waals surface area contributed by atoms with Crippen molar-refractivity contribution in [2.45, 2.75) is 0 Å². The van der Waals surface area contributed by atoms with Crippen LogP contribution in [0.15, 0.2) is 140 Å². The lowest BCUT2D eigenvalue weighted by molar-refractivity contribution is 1.17. The van der Waals surface area contributed by atoms with Crippen molar-refractivity contribution in [2.24, 2.45) is 0 Å². The van der Waals surface area contributed by atoms with Crippen molar-refractivity contribution in [1.82, 2.24) is 9.13 Å². The molecule has 0 bridgehead atoms. The summed E-state index contributed by atoms with van der Waals surface area (Å²) in [7, 11) is 16.1. The molecule has 0 amide bonds. The first kappa shape index (κ1) is 33.6. The molecule has 55 heavy (non-hydrogen) atoms. The van der Waals surface area contributed by atoms with Crippen molar-refractivity contribution in [3.63, 3.8) is 0 Å². The Kier molecular flexibility index (Phi) is 7.68. The first-order chi connectivity index (χ1) is 26.7. The van der Waals surface area contributed by atoms with Crippen LogP contribution >= 0.6 is 0 Å². The SMILES string of the molecule is Bc1c(B)c(B)c2c(-c3ccc(-n4c5ccccc5c5c6c7ccccc7n(-c7ccc(-c8ccccc8)cc7)c6ccc54)cc3)c(B)c(B)c(B)c2c1B. The Bertz CT molecular complexity index is 3190. The van der Waals surface area contributed by atoms with E-state index in [0.717, 1.165) is 5.69 Å². The standard InChI is InChI=1S/C46H37B7N2/c47-40-35(38-39(42(49)44(40)51)43(50)46(53)45(52)41(38)48)26-16-20-28(21-17-26)55-32-13-7-5-11-30(32)37-34(55)23-22-33-36(37)29-10-4-6-12-31(29)54(33)27-18-14-25(15-19-27)24-8-2-1-3-9-24/h1-23H,47-53H2. The molecule has 0 spiro atoms. The highest BCUT2D eigenvalue weighted by Crippen LogP contribution is 2.42. The second-order valence-corrected chi connectivity index (χ2v) is 15.5. The summed E-state index contributed by atoms with van der Waals surface area (Å²) in [5.41, 5.74) is 22.0.